The largest absolute Gasteiger partial charge is 0.349 e. The van der Waals surface area contributed by atoms with E-state index in [1.54, 1.807) is 0 Å². The summed E-state index contributed by atoms with van der Waals surface area (Å²) in [4.78, 5) is 15.0. The van der Waals surface area contributed by atoms with E-state index in [-0.39, 0.29) is 5.56 Å². The molecule has 0 aliphatic carbocycles. The average Bonchev–Trinajstić information content (AvgIpc) is 2.70. The molecule has 90 valence electrons. The maximum Gasteiger partial charge on any atom is 0.252 e. The fourth-order valence-corrected chi connectivity index (χ4v) is 2.67. The number of fused-ring (bicyclic) bond motifs is 1. The fourth-order valence-electron chi connectivity index (χ4n) is 2.67. The Hall–Kier alpha value is -1.55. The SMILES string of the molecule is Cn1ccc2[nH]c(=O)c(C3CCNCC3)cc21. The van der Waals surface area contributed by atoms with E-state index in [9.17, 15) is 4.79 Å². The molecule has 2 aromatic heterocycles. The van der Waals surface area contributed by atoms with Gasteiger partial charge < -0.3 is 14.9 Å². The van der Waals surface area contributed by atoms with Gasteiger partial charge in [-0.1, -0.05) is 0 Å². The van der Waals surface area contributed by atoms with Crippen LogP contribution in [0.1, 0.15) is 24.3 Å². The summed E-state index contributed by atoms with van der Waals surface area (Å²) in [5.74, 6) is 0.402. The van der Waals surface area contributed by atoms with Gasteiger partial charge in [0.15, 0.2) is 0 Å². The van der Waals surface area contributed by atoms with Crippen LogP contribution in [0.3, 0.4) is 0 Å². The van der Waals surface area contributed by atoms with E-state index < -0.39 is 0 Å². The van der Waals surface area contributed by atoms with Crippen molar-refractivity contribution in [2.75, 3.05) is 13.1 Å². The van der Waals surface area contributed by atoms with Crippen molar-refractivity contribution in [1.82, 2.24) is 14.9 Å². The summed E-state index contributed by atoms with van der Waals surface area (Å²) in [7, 11) is 2.01. The molecule has 1 fully saturated rings. The van der Waals surface area contributed by atoms with Crippen molar-refractivity contribution in [2.24, 2.45) is 7.05 Å². The van der Waals surface area contributed by atoms with Crippen LogP contribution >= 0.6 is 0 Å². The van der Waals surface area contributed by atoms with Crippen LogP contribution in [-0.4, -0.2) is 22.6 Å². The molecule has 17 heavy (non-hydrogen) atoms. The molecule has 1 saturated heterocycles. The number of hydrogen-bond donors (Lipinski definition) is 2. The molecule has 0 radical (unpaired) electrons. The van der Waals surface area contributed by atoms with Crippen molar-refractivity contribution in [3.05, 3.63) is 34.2 Å². The van der Waals surface area contributed by atoms with Gasteiger partial charge in [0, 0.05) is 18.8 Å². The van der Waals surface area contributed by atoms with Crippen LogP contribution in [0.15, 0.2) is 23.1 Å². The smallest absolute Gasteiger partial charge is 0.252 e. The number of rotatable bonds is 1. The summed E-state index contributed by atoms with van der Waals surface area (Å²) < 4.78 is 2.05. The molecule has 1 aliphatic rings. The van der Waals surface area contributed by atoms with Gasteiger partial charge >= 0.3 is 0 Å². The number of nitrogens with zero attached hydrogens (tertiary/aromatic N) is 1. The molecule has 0 spiro atoms. The van der Waals surface area contributed by atoms with Gasteiger partial charge in [0.05, 0.1) is 11.0 Å². The second kappa shape index (κ2) is 4.04. The van der Waals surface area contributed by atoms with Crippen LogP contribution in [-0.2, 0) is 7.05 Å². The zero-order valence-electron chi connectivity index (χ0n) is 9.99. The van der Waals surface area contributed by atoms with Gasteiger partial charge in [-0.15, -0.1) is 0 Å². The predicted molar refractivity (Wildman–Crippen MR) is 68.4 cm³/mol. The predicted octanol–water partition coefficient (Wildman–Crippen LogP) is 1.33. The molecule has 1 aliphatic heterocycles. The van der Waals surface area contributed by atoms with Crippen LogP contribution < -0.4 is 10.9 Å². The first-order valence-corrected chi connectivity index (χ1v) is 6.14. The first-order valence-electron chi connectivity index (χ1n) is 6.14. The zero-order chi connectivity index (χ0) is 11.8. The highest BCUT2D eigenvalue weighted by Crippen LogP contribution is 2.24. The molecule has 0 bridgehead atoms. The second-order valence-corrected chi connectivity index (χ2v) is 4.80. The highest BCUT2D eigenvalue weighted by atomic mass is 16.1. The van der Waals surface area contributed by atoms with Crippen LogP contribution in [0.25, 0.3) is 11.0 Å². The minimum Gasteiger partial charge on any atom is -0.349 e. The highest BCUT2D eigenvalue weighted by molar-refractivity contribution is 5.76. The van der Waals surface area contributed by atoms with Crippen molar-refractivity contribution in [3.8, 4) is 0 Å². The van der Waals surface area contributed by atoms with Gasteiger partial charge in [0.1, 0.15) is 0 Å². The maximum absolute atomic E-state index is 12.1. The number of aromatic nitrogens is 2. The number of H-pyrrole nitrogens is 1. The number of pyridine rings is 1. The summed E-state index contributed by atoms with van der Waals surface area (Å²) in [6.45, 7) is 2.02. The van der Waals surface area contributed by atoms with Gasteiger partial charge in [0.25, 0.3) is 5.56 Å². The van der Waals surface area contributed by atoms with Crippen LogP contribution in [0.4, 0.5) is 0 Å². The Morgan fingerprint density at radius 3 is 2.88 bits per heavy atom. The zero-order valence-corrected chi connectivity index (χ0v) is 9.99. The van der Waals surface area contributed by atoms with Gasteiger partial charge in [-0.25, -0.2) is 0 Å². The average molecular weight is 231 g/mol. The summed E-state index contributed by atoms with van der Waals surface area (Å²) in [5.41, 5.74) is 3.06. The fraction of sp³-hybridized carbons (Fsp3) is 0.462. The lowest BCUT2D eigenvalue weighted by atomic mass is 9.91. The summed E-state index contributed by atoms with van der Waals surface area (Å²) in [6, 6.07) is 4.01. The Morgan fingerprint density at radius 1 is 1.35 bits per heavy atom. The van der Waals surface area contributed by atoms with E-state index in [1.807, 2.05) is 19.3 Å². The summed E-state index contributed by atoms with van der Waals surface area (Å²) in [6.07, 6.45) is 4.09. The van der Waals surface area contributed by atoms with E-state index in [0.717, 1.165) is 42.5 Å². The van der Waals surface area contributed by atoms with Gasteiger partial charge in [-0.2, -0.15) is 0 Å². The first-order chi connectivity index (χ1) is 8.25. The van der Waals surface area contributed by atoms with Crippen molar-refractivity contribution in [1.29, 1.82) is 0 Å². The minimum absolute atomic E-state index is 0.0793. The lowest BCUT2D eigenvalue weighted by Gasteiger charge is -2.22. The summed E-state index contributed by atoms with van der Waals surface area (Å²) >= 11 is 0. The molecule has 4 heteroatoms. The quantitative estimate of drug-likeness (QED) is 0.778. The molecule has 2 aromatic rings. The Bertz CT molecular complexity index is 590. The van der Waals surface area contributed by atoms with E-state index >= 15 is 0 Å². The second-order valence-electron chi connectivity index (χ2n) is 4.80. The summed E-state index contributed by atoms with van der Waals surface area (Å²) in [5, 5.41) is 3.33. The first kappa shape index (κ1) is 10.6. The molecule has 3 rings (SSSR count). The Kier molecular flexibility index (Phi) is 2.52. The Balaban J connectivity index is 2.11. The maximum atomic E-state index is 12.1. The Labute approximate surface area is 99.6 Å². The lowest BCUT2D eigenvalue weighted by molar-refractivity contribution is 0.458. The van der Waals surface area contributed by atoms with E-state index in [2.05, 4.69) is 20.9 Å². The molecular formula is C13H17N3O. The number of aryl methyl sites for hydroxylation is 1. The minimum atomic E-state index is 0.0793. The molecule has 0 unspecified atom stereocenters. The standard InChI is InChI=1S/C13H17N3O/c1-16-7-4-11-12(16)8-10(13(17)15-11)9-2-5-14-6-3-9/h4,7-9,14H,2-3,5-6H2,1H3,(H,15,17). The third kappa shape index (κ3) is 1.78. The number of nitrogens with one attached hydrogen (secondary N) is 2. The van der Waals surface area contributed by atoms with Crippen LogP contribution in [0.5, 0.6) is 0 Å². The Morgan fingerprint density at radius 2 is 2.12 bits per heavy atom. The van der Waals surface area contributed by atoms with Gasteiger partial charge in [-0.3, -0.25) is 4.79 Å². The lowest BCUT2D eigenvalue weighted by Crippen LogP contribution is -2.29. The number of aromatic amines is 1. The van der Waals surface area contributed by atoms with E-state index in [4.69, 9.17) is 0 Å². The van der Waals surface area contributed by atoms with Crippen LogP contribution in [0.2, 0.25) is 0 Å². The number of hydrogen-bond acceptors (Lipinski definition) is 2. The van der Waals surface area contributed by atoms with Crippen molar-refractivity contribution in [3.63, 3.8) is 0 Å². The van der Waals surface area contributed by atoms with Crippen molar-refractivity contribution >= 4 is 11.0 Å². The molecule has 3 heterocycles. The topological polar surface area (TPSA) is 49.8 Å². The van der Waals surface area contributed by atoms with Crippen molar-refractivity contribution in [2.45, 2.75) is 18.8 Å². The molecule has 0 saturated carbocycles. The van der Waals surface area contributed by atoms with E-state index in [0.29, 0.717) is 5.92 Å². The molecule has 4 nitrogen and oxygen atoms in total. The third-order valence-electron chi connectivity index (χ3n) is 3.70. The third-order valence-corrected chi connectivity index (χ3v) is 3.70. The van der Waals surface area contributed by atoms with Crippen molar-refractivity contribution < 1.29 is 0 Å². The van der Waals surface area contributed by atoms with Gasteiger partial charge in [0.2, 0.25) is 0 Å². The van der Waals surface area contributed by atoms with Crippen LogP contribution in [0, 0.1) is 0 Å². The molecule has 0 aromatic carbocycles. The molecule has 0 amide bonds. The monoisotopic (exact) mass is 231 g/mol. The van der Waals surface area contributed by atoms with Gasteiger partial charge in [-0.05, 0) is 44.0 Å². The molecule has 0 atom stereocenters. The number of piperidine rings is 1. The highest BCUT2D eigenvalue weighted by Gasteiger charge is 2.19. The normalized spacial score (nSPS) is 17.7. The molecule has 2 N–H and O–H groups in total. The van der Waals surface area contributed by atoms with E-state index in [1.165, 1.54) is 0 Å². The molecular weight excluding hydrogens is 214 g/mol.